The van der Waals surface area contributed by atoms with E-state index in [1.165, 1.54) is 70.6 Å². The molecular weight excluding hydrogens is 693 g/mol. The monoisotopic (exact) mass is 770 g/mol. The van der Waals surface area contributed by atoms with Gasteiger partial charge in [0.15, 0.2) is 6.10 Å². The van der Waals surface area contributed by atoms with Crippen molar-refractivity contribution in [2.45, 2.75) is 173 Å². The molecule has 0 N–H and O–H groups in total. The molecule has 0 radical (unpaired) electrons. The maximum absolute atomic E-state index is 12.6. The van der Waals surface area contributed by atoms with Crippen molar-refractivity contribution in [2.75, 3.05) is 47.5 Å². The number of esters is 2. The Balaban J connectivity index is 2.35. The lowest BCUT2D eigenvalue weighted by Crippen LogP contribution is -2.37. The fraction of sp³-hybridized carbons (Fsp3) is 0.810. The molecule has 53 heavy (non-hydrogen) atoms. The summed E-state index contributed by atoms with van der Waals surface area (Å²) in [6.07, 6.45) is 34.8. The number of ether oxygens (including phenoxy) is 3. The van der Waals surface area contributed by atoms with E-state index in [2.05, 4.69) is 50.3 Å². The van der Waals surface area contributed by atoms with Crippen molar-refractivity contribution in [3.8, 4) is 0 Å². The second-order valence-electron chi connectivity index (χ2n) is 15.4. The molecule has 4 atom stereocenters. The Hall–Kier alpha value is -1.81. The van der Waals surface area contributed by atoms with Crippen LogP contribution < -0.4 is 4.89 Å². The Morgan fingerprint density at radius 2 is 1.26 bits per heavy atom. The van der Waals surface area contributed by atoms with E-state index in [0.717, 1.165) is 44.9 Å². The first-order valence-electron chi connectivity index (χ1n) is 20.8. The predicted molar refractivity (Wildman–Crippen MR) is 212 cm³/mol. The molecule has 0 aliphatic carbocycles. The highest BCUT2D eigenvalue weighted by atomic mass is 31.2. The third-order valence-electron chi connectivity index (χ3n) is 9.09. The standard InChI is InChI=1S/C42H76NO9P/c1-6-8-10-12-14-16-18-20-21-23-25-27-30-39-40(52-39)31-29-33-41(44)48-36-38(37-50-53(46,47)49-35-34-43(3,4)5)51-42(45)32-28-26-24-22-19-17-15-13-11-9-7-2/h14,16,20-21,25,27,38-40H,6-13,15,17-19,22-24,26,28-37H2,1-5H3/b16-14-,21-20-,27-25-/t38-,39?,40?/m1/s1. The van der Waals surface area contributed by atoms with Crippen LogP contribution in [0, 0.1) is 0 Å². The van der Waals surface area contributed by atoms with Gasteiger partial charge in [-0.05, 0) is 51.4 Å². The normalized spacial score (nSPS) is 17.8. The smallest absolute Gasteiger partial charge is 0.306 e. The SMILES string of the molecule is CCCCC/C=C\C/C=C\C/C=C\CC1OC1CCCC(=O)OC[C@H](COP(=O)([O-])OCC[N+](C)(C)C)OC(=O)CCCCCCCCCCCCC. The molecule has 0 amide bonds. The maximum Gasteiger partial charge on any atom is 0.306 e. The van der Waals surface area contributed by atoms with Crippen LogP contribution in [-0.2, 0) is 37.4 Å². The van der Waals surface area contributed by atoms with Gasteiger partial charge < -0.3 is 32.6 Å². The highest BCUT2D eigenvalue weighted by Crippen LogP contribution is 2.38. The van der Waals surface area contributed by atoms with E-state index in [1.807, 2.05) is 21.1 Å². The van der Waals surface area contributed by atoms with Crippen LogP contribution in [0.4, 0.5) is 0 Å². The van der Waals surface area contributed by atoms with E-state index < -0.39 is 32.5 Å². The Labute approximate surface area is 323 Å². The first-order valence-corrected chi connectivity index (χ1v) is 22.3. The van der Waals surface area contributed by atoms with Gasteiger partial charge in [0.1, 0.15) is 19.8 Å². The van der Waals surface area contributed by atoms with Gasteiger partial charge in [0.25, 0.3) is 7.82 Å². The van der Waals surface area contributed by atoms with Crippen molar-refractivity contribution in [3.05, 3.63) is 36.5 Å². The molecule has 0 aromatic carbocycles. The minimum atomic E-state index is -4.64. The molecule has 3 unspecified atom stereocenters. The van der Waals surface area contributed by atoms with Gasteiger partial charge in [-0.3, -0.25) is 14.2 Å². The van der Waals surface area contributed by atoms with Gasteiger partial charge in [0.05, 0.1) is 40.0 Å². The number of carbonyl (C=O) groups is 2. The molecule has 0 saturated carbocycles. The van der Waals surface area contributed by atoms with E-state index in [0.29, 0.717) is 23.9 Å². The maximum atomic E-state index is 12.6. The Morgan fingerprint density at radius 1 is 0.698 bits per heavy atom. The number of likely N-dealkylation sites (N-methyl/N-ethyl adjacent to an activating group) is 1. The molecule has 308 valence electrons. The van der Waals surface area contributed by atoms with Crippen LogP contribution >= 0.6 is 7.82 Å². The number of rotatable bonds is 36. The highest BCUT2D eigenvalue weighted by Gasteiger charge is 2.36. The predicted octanol–water partition coefficient (Wildman–Crippen LogP) is 9.71. The van der Waals surface area contributed by atoms with Gasteiger partial charge >= 0.3 is 11.9 Å². The van der Waals surface area contributed by atoms with Gasteiger partial charge in [-0.1, -0.05) is 127 Å². The average molecular weight is 770 g/mol. The van der Waals surface area contributed by atoms with E-state index in [4.69, 9.17) is 23.3 Å². The summed E-state index contributed by atoms with van der Waals surface area (Å²) >= 11 is 0. The van der Waals surface area contributed by atoms with Gasteiger partial charge in [-0.2, -0.15) is 0 Å². The van der Waals surface area contributed by atoms with E-state index in [-0.39, 0.29) is 38.3 Å². The molecule has 1 rings (SSSR count). The second kappa shape index (κ2) is 31.4. The highest BCUT2D eigenvalue weighted by molar-refractivity contribution is 7.45. The average Bonchev–Trinajstić information content (AvgIpc) is 3.85. The van der Waals surface area contributed by atoms with Crippen molar-refractivity contribution in [3.63, 3.8) is 0 Å². The molecule has 1 fully saturated rings. The van der Waals surface area contributed by atoms with Gasteiger partial charge in [-0.15, -0.1) is 0 Å². The quantitative estimate of drug-likeness (QED) is 0.0153. The third-order valence-corrected chi connectivity index (χ3v) is 10.1. The third kappa shape index (κ3) is 32.2. The molecule has 0 spiro atoms. The summed E-state index contributed by atoms with van der Waals surface area (Å²) in [7, 11) is 1.12. The molecule has 0 aromatic rings. The summed E-state index contributed by atoms with van der Waals surface area (Å²) < 4.78 is 39.6. The molecule has 1 heterocycles. The van der Waals surface area contributed by atoms with Crippen LogP contribution in [0.2, 0.25) is 0 Å². The number of phosphoric acid groups is 1. The lowest BCUT2D eigenvalue weighted by atomic mass is 10.1. The Bertz CT molecular complexity index is 1070. The number of quaternary nitrogens is 1. The molecule has 1 aliphatic heterocycles. The minimum absolute atomic E-state index is 0.0425. The number of hydrogen-bond donors (Lipinski definition) is 0. The number of epoxide rings is 1. The largest absolute Gasteiger partial charge is 0.756 e. The topological polar surface area (TPSA) is 124 Å². The Kier molecular flexibility index (Phi) is 29.2. The second-order valence-corrected chi connectivity index (χ2v) is 16.8. The van der Waals surface area contributed by atoms with Gasteiger partial charge in [0, 0.05) is 12.8 Å². The number of nitrogens with zero attached hydrogens (tertiary/aromatic N) is 1. The van der Waals surface area contributed by atoms with Gasteiger partial charge in [0.2, 0.25) is 0 Å². The van der Waals surface area contributed by atoms with Crippen molar-refractivity contribution < 1.29 is 46.8 Å². The lowest BCUT2D eigenvalue weighted by molar-refractivity contribution is -0.870. The number of allylic oxidation sites excluding steroid dienone is 5. The lowest BCUT2D eigenvalue weighted by Gasteiger charge is -2.28. The summed E-state index contributed by atoms with van der Waals surface area (Å²) in [5, 5.41) is 0. The van der Waals surface area contributed by atoms with Crippen molar-refractivity contribution in [1.82, 2.24) is 0 Å². The first kappa shape index (κ1) is 49.2. The van der Waals surface area contributed by atoms with Crippen molar-refractivity contribution in [2.24, 2.45) is 0 Å². The zero-order valence-corrected chi connectivity index (χ0v) is 35.0. The fourth-order valence-electron chi connectivity index (χ4n) is 5.68. The van der Waals surface area contributed by atoms with Crippen molar-refractivity contribution in [1.29, 1.82) is 0 Å². The summed E-state index contributed by atoms with van der Waals surface area (Å²) in [5.74, 6) is -0.912. The summed E-state index contributed by atoms with van der Waals surface area (Å²) in [6, 6.07) is 0. The van der Waals surface area contributed by atoms with Gasteiger partial charge in [-0.25, -0.2) is 0 Å². The Morgan fingerprint density at radius 3 is 1.91 bits per heavy atom. The molecule has 0 bridgehead atoms. The van der Waals surface area contributed by atoms with Crippen LogP contribution in [0.25, 0.3) is 0 Å². The van der Waals surface area contributed by atoms with Crippen molar-refractivity contribution >= 4 is 19.8 Å². The zero-order chi connectivity index (χ0) is 39.0. The molecular formula is C42H76NO9P. The number of unbranched alkanes of at least 4 members (excludes halogenated alkanes) is 13. The molecule has 1 aliphatic rings. The van der Waals surface area contributed by atoms with Crippen LogP contribution in [0.1, 0.15) is 155 Å². The summed E-state index contributed by atoms with van der Waals surface area (Å²) in [4.78, 5) is 37.5. The number of carbonyl (C=O) groups excluding carboxylic acids is 2. The first-order chi connectivity index (χ1) is 25.5. The number of phosphoric ester groups is 1. The molecule has 0 aromatic heterocycles. The van der Waals surface area contributed by atoms with E-state index >= 15 is 0 Å². The van der Waals surface area contributed by atoms with Crippen LogP contribution in [-0.4, -0.2) is 82.2 Å². The number of hydrogen-bond acceptors (Lipinski definition) is 9. The van der Waals surface area contributed by atoms with E-state index in [9.17, 15) is 19.0 Å². The van der Waals surface area contributed by atoms with E-state index in [1.54, 1.807) is 0 Å². The zero-order valence-electron chi connectivity index (χ0n) is 34.1. The minimum Gasteiger partial charge on any atom is -0.756 e. The van der Waals surface area contributed by atoms with Crippen LogP contribution in [0.15, 0.2) is 36.5 Å². The summed E-state index contributed by atoms with van der Waals surface area (Å²) in [6.45, 7) is 4.09. The molecule has 10 nitrogen and oxygen atoms in total. The van der Waals surface area contributed by atoms with Crippen LogP contribution in [0.5, 0.6) is 0 Å². The summed E-state index contributed by atoms with van der Waals surface area (Å²) in [5.41, 5.74) is 0. The molecule has 11 heteroatoms. The molecule has 1 saturated heterocycles. The van der Waals surface area contributed by atoms with Crippen LogP contribution in [0.3, 0.4) is 0 Å². The fourth-order valence-corrected chi connectivity index (χ4v) is 6.41.